The van der Waals surface area contributed by atoms with Crippen LogP contribution in [0.15, 0.2) is 29.2 Å². The molecule has 7 nitrogen and oxygen atoms in total. The Balaban J connectivity index is 2.23. The average molecular weight is 326 g/mol. The van der Waals surface area contributed by atoms with E-state index in [1.54, 1.807) is 0 Å². The third-order valence-corrected chi connectivity index (χ3v) is 5.35. The van der Waals surface area contributed by atoms with Crippen LogP contribution in [0.1, 0.15) is 30.1 Å². The Morgan fingerprint density at radius 2 is 1.91 bits per heavy atom. The summed E-state index contributed by atoms with van der Waals surface area (Å²) in [5, 5.41) is 0. The van der Waals surface area contributed by atoms with Crippen LogP contribution in [0, 0.1) is 0 Å². The molecule has 0 aromatic heterocycles. The largest absolute Gasteiger partial charge is 0.449 e. The van der Waals surface area contributed by atoms with Gasteiger partial charge in [0.2, 0.25) is 10.0 Å². The molecule has 0 saturated carbocycles. The van der Waals surface area contributed by atoms with Crippen LogP contribution >= 0.6 is 0 Å². The number of nitrogens with zero attached hydrogens (tertiary/aromatic N) is 1. The number of primary amides is 1. The first-order valence-corrected chi connectivity index (χ1v) is 8.37. The van der Waals surface area contributed by atoms with Crippen LogP contribution in [0.3, 0.4) is 0 Å². The summed E-state index contributed by atoms with van der Waals surface area (Å²) in [5.74, 6) is -1.56. The Kier molecular flexibility index (Phi) is 4.82. The highest BCUT2D eigenvalue weighted by Crippen LogP contribution is 2.21. The summed E-state index contributed by atoms with van der Waals surface area (Å²) < 4.78 is 31.1. The smallest absolute Gasteiger partial charge is 0.338 e. The molecular weight excluding hydrogens is 308 g/mol. The highest BCUT2D eigenvalue weighted by Gasteiger charge is 2.28. The van der Waals surface area contributed by atoms with E-state index in [0.717, 1.165) is 12.8 Å². The van der Waals surface area contributed by atoms with E-state index in [-0.39, 0.29) is 10.5 Å². The van der Waals surface area contributed by atoms with Gasteiger partial charge in [0.05, 0.1) is 10.5 Å². The summed E-state index contributed by atoms with van der Waals surface area (Å²) in [7, 11) is -3.61. The first-order valence-electron chi connectivity index (χ1n) is 6.93. The number of carbonyl (C=O) groups excluding carboxylic acids is 2. The van der Waals surface area contributed by atoms with Crippen LogP contribution in [-0.2, 0) is 19.6 Å². The highest BCUT2D eigenvalue weighted by molar-refractivity contribution is 7.89. The van der Waals surface area contributed by atoms with Crippen LogP contribution in [0.5, 0.6) is 0 Å². The second-order valence-electron chi connectivity index (χ2n) is 5.09. The molecule has 1 saturated heterocycles. The molecule has 120 valence electrons. The SMILES string of the molecule is CC(OC(=O)c1cccc(S(=O)(=O)N2CCCC2)c1)C(N)=O. The second-order valence-corrected chi connectivity index (χ2v) is 7.03. The molecule has 0 radical (unpaired) electrons. The maximum Gasteiger partial charge on any atom is 0.338 e. The first kappa shape index (κ1) is 16.4. The molecule has 0 bridgehead atoms. The maximum atomic E-state index is 12.4. The number of nitrogens with two attached hydrogens (primary N) is 1. The van der Waals surface area contributed by atoms with Gasteiger partial charge in [-0.2, -0.15) is 4.31 Å². The van der Waals surface area contributed by atoms with Gasteiger partial charge in [0, 0.05) is 13.1 Å². The lowest BCUT2D eigenvalue weighted by Gasteiger charge is -2.16. The Morgan fingerprint density at radius 3 is 2.50 bits per heavy atom. The number of ether oxygens (including phenoxy) is 1. The van der Waals surface area contributed by atoms with E-state index in [1.807, 2.05) is 0 Å². The third kappa shape index (κ3) is 3.45. The van der Waals surface area contributed by atoms with Gasteiger partial charge in [-0.15, -0.1) is 0 Å². The monoisotopic (exact) mass is 326 g/mol. The normalized spacial score (nSPS) is 17.1. The lowest BCUT2D eigenvalue weighted by molar-refractivity contribution is -0.125. The van der Waals surface area contributed by atoms with Crippen molar-refractivity contribution < 1.29 is 22.7 Å². The van der Waals surface area contributed by atoms with Gasteiger partial charge in [0.25, 0.3) is 5.91 Å². The van der Waals surface area contributed by atoms with E-state index < -0.39 is 28.0 Å². The first-order chi connectivity index (χ1) is 10.3. The van der Waals surface area contributed by atoms with Gasteiger partial charge in [0.15, 0.2) is 6.10 Å². The van der Waals surface area contributed by atoms with Crippen LogP contribution in [0.25, 0.3) is 0 Å². The minimum absolute atomic E-state index is 0.0376. The summed E-state index contributed by atoms with van der Waals surface area (Å²) in [6, 6.07) is 5.58. The van der Waals surface area contributed by atoms with Gasteiger partial charge in [-0.3, -0.25) is 4.79 Å². The number of esters is 1. The van der Waals surface area contributed by atoms with Gasteiger partial charge in [-0.25, -0.2) is 13.2 Å². The van der Waals surface area contributed by atoms with Crippen molar-refractivity contribution in [2.24, 2.45) is 5.73 Å². The Labute approximate surface area is 129 Å². The molecule has 22 heavy (non-hydrogen) atoms. The number of sulfonamides is 1. The average Bonchev–Trinajstić information content (AvgIpc) is 3.02. The van der Waals surface area contributed by atoms with Crippen LogP contribution < -0.4 is 5.73 Å². The summed E-state index contributed by atoms with van der Waals surface area (Å²) >= 11 is 0. The van der Waals surface area contributed by atoms with E-state index >= 15 is 0 Å². The third-order valence-electron chi connectivity index (χ3n) is 3.46. The number of carbonyl (C=O) groups is 2. The fraction of sp³-hybridized carbons (Fsp3) is 0.429. The molecule has 1 heterocycles. The minimum Gasteiger partial charge on any atom is -0.449 e. The fourth-order valence-corrected chi connectivity index (χ4v) is 3.71. The number of benzene rings is 1. The zero-order valence-electron chi connectivity index (χ0n) is 12.2. The van der Waals surface area contributed by atoms with Crippen molar-refractivity contribution in [1.82, 2.24) is 4.31 Å². The molecule has 1 amide bonds. The standard InChI is InChI=1S/C14H18N2O5S/c1-10(13(15)17)21-14(18)11-5-4-6-12(9-11)22(19,20)16-7-2-3-8-16/h4-6,9-10H,2-3,7-8H2,1H3,(H2,15,17). The van der Waals surface area contributed by atoms with Gasteiger partial charge in [-0.1, -0.05) is 6.07 Å². The number of hydrogen-bond donors (Lipinski definition) is 1. The zero-order valence-corrected chi connectivity index (χ0v) is 13.0. The molecule has 1 aromatic carbocycles. The summed E-state index contributed by atoms with van der Waals surface area (Å²) in [6.45, 7) is 2.32. The molecule has 1 aromatic rings. The van der Waals surface area contributed by atoms with E-state index in [0.29, 0.717) is 13.1 Å². The minimum atomic E-state index is -3.61. The fourth-order valence-electron chi connectivity index (χ4n) is 2.15. The highest BCUT2D eigenvalue weighted by atomic mass is 32.2. The number of rotatable bonds is 5. The summed E-state index contributed by atoms with van der Waals surface area (Å²) in [4.78, 5) is 22.9. The molecule has 8 heteroatoms. The summed E-state index contributed by atoms with van der Waals surface area (Å²) in [6.07, 6.45) is 0.583. The van der Waals surface area contributed by atoms with Crippen molar-refractivity contribution in [3.63, 3.8) is 0 Å². The van der Waals surface area contributed by atoms with Crippen LogP contribution in [0.2, 0.25) is 0 Å². The molecule has 1 unspecified atom stereocenters. The lowest BCUT2D eigenvalue weighted by Crippen LogP contribution is -2.30. The van der Waals surface area contributed by atoms with Crippen LogP contribution in [-0.4, -0.2) is 43.8 Å². The molecule has 2 N–H and O–H groups in total. The van der Waals surface area contributed by atoms with E-state index in [9.17, 15) is 18.0 Å². The van der Waals surface area contributed by atoms with E-state index in [4.69, 9.17) is 10.5 Å². The van der Waals surface area contributed by atoms with Crippen molar-refractivity contribution >= 4 is 21.9 Å². The predicted molar refractivity (Wildman–Crippen MR) is 78.5 cm³/mol. The predicted octanol–water partition coefficient (Wildman–Crippen LogP) is 0.502. The number of hydrogen-bond acceptors (Lipinski definition) is 5. The second kappa shape index (κ2) is 6.45. The maximum absolute atomic E-state index is 12.4. The molecule has 0 spiro atoms. The Bertz CT molecular complexity index is 680. The van der Waals surface area contributed by atoms with Crippen molar-refractivity contribution in [2.75, 3.05) is 13.1 Å². The molecule has 1 aliphatic heterocycles. The molecule has 0 aliphatic carbocycles. The van der Waals surface area contributed by atoms with E-state index in [2.05, 4.69) is 0 Å². The molecular formula is C14H18N2O5S. The van der Waals surface area contributed by atoms with Crippen molar-refractivity contribution in [2.45, 2.75) is 30.8 Å². The van der Waals surface area contributed by atoms with Crippen LogP contribution in [0.4, 0.5) is 0 Å². The Morgan fingerprint density at radius 1 is 1.27 bits per heavy atom. The molecule has 1 aliphatic rings. The van der Waals surface area contributed by atoms with Crippen molar-refractivity contribution in [3.8, 4) is 0 Å². The van der Waals surface area contributed by atoms with Gasteiger partial charge in [0.1, 0.15) is 0 Å². The van der Waals surface area contributed by atoms with E-state index in [1.165, 1.54) is 35.5 Å². The van der Waals surface area contributed by atoms with Crippen molar-refractivity contribution in [3.05, 3.63) is 29.8 Å². The quantitative estimate of drug-likeness (QED) is 0.793. The van der Waals surface area contributed by atoms with Gasteiger partial charge in [-0.05, 0) is 38.0 Å². The molecule has 1 atom stereocenters. The molecule has 2 rings (SSSR count). The molecule has 1 fully saturated rings. The zero-order chi connectivity index (χ0) is 16.3. The van der Waals surface area contributed by atoms with Gasteiger partial charge < -0.3 is 10.5 Å². The van der Waals surface area contributed by atoms with Gasteiger partial charge >= 0.3 is 5.97 Å². The topological polar surface area (TPSA) is 107 Å². The lowest BCUT2D eigenvalue weighted by atomic mass is 10.2. The summed E-state index contributed by atoms with van der Waals surface area (Å²) in [5.41, 5.74) is 5.09. The Hall–Kier alpha value is -1.93. The van der Waals surface area contributed by atoms with Crippen molar-refractivity contribution in [1.29, 1.82) is 0 Å². The number of amides is 1.